The first-order valence-corrected chi connectivity index (χ1v) is 5.46. The summed E-state index contributed by atoms with van der Waals surface area (Å²) >= 11 is 0. The molecule has 1 aromatic rings. The highest BCUT2D eigenvalue weighted by molar-refractivity contribution is 5.70. The van der Waals surface area contributed by atoms with Crippen LogP contribution in [-0.2, 0) is 9.53 Å². The van der Waals surface area contributed by atoms with Crippen LogP contribution in [0.4, 0.5) is 0 Å². The number of aliphatic hydroxyl groups is 2. The fourth-order valence-electron chi connectivity index (χ4n) is 1.31. The molecule has 7 heteroatoms. The molecule has 2 N–H and O–H groups in total. The fraction of sp³-hybridized carbons (Fsp3) is 0.545. The number of carbonyl (C=O) groups excluding carboxylic acids is 1. The van der Waals surface area contributed by atoms with Crippen LogP contribution >= 0.6 is 0 Å². The van der Waals surface area contributed by atoms with Crippen LogP contribution in [0.1, 0.15) is 25.0 Å². The zero-order valence-corrected chi connectivity index (χ0v) is 10.2. The summed E-state index contributed by atoms with van der Waals surface area (Å²) < 4.78 is 9.44. The molecule has 18 heavy (non-hydrogen) atoms. The Morgan fingerprint density at radius 3 is 2.50 bits per heavy atom. The molecular formula is C11H16N2O5. The number of ether oxygens (including phenoxy) is 2. The molecule has 0 amide bonds. The van der Waals surface area contributed by atoms with Crippen molar-refractivity contribution in [2.45, 2.75) is 25.6 Å². The first-order chi connectivity index (χ1) is 8.58. The third-order valence-corrected chi connectivity index (χ3v) is 2.22. The summed E-state index contributed by atoms with van der Waals surface area (Å²) in [4.78, 5) is 18.7. The van der Waals surface area contributed by atoms with Gasteiger partial charge in [0.1, 0.15) is 6.10 Å². The molecule has 0 aliphatic heterocycles. The van der Waals surface area contributed by atoms with Crippen molar-refractivity contribution in [2.24, 2.45) is 0 Å². The number of hydrogen-bond acceptors (Lipinski definition) is 7. The Balaban J connectivity index is 2.61. The molecule has 7 nitrogen and oxygen atoms in total. The van der Waals surface area contributed by atoms with Crippen LogP contribution in [0.5, 0.6) is 6.01 Å². The van der Waals surface area contributed by atoms with Crippen LogP contribution in [0.2, 0.25) is 0 Å². The standard InChI is InChI=1S/C11H16N2O5/c1-3-18-9(15)4-8(14)10(16)7-5-12-11(17-2)13-6-7/h5-6,8,10,14,16H,3-4H2,1-2H3. The van der Waals surface area contributed by atoms with E-state index in [1.807, 2.05) is 0 Å². The third kappa shape index (κ3) is 3.94. The van der Waals surface area contributed by atoms with Crippen molar-refractivity contribution in [3.63, 3.8) is 0 Å². The molecule has 1 heterocycles. The quantitative estimate of drug-likeness (QED) is 0.681. The van der Waals surface area contributed by atoms with E-state index < -0.39 is 18.2 Å². The van der Waals surface area contributed by atoms with Crippen molar-refractivity contribution in [3.05, 3.63) is 18.0 Å². The summed E-state index contributed by atoms with van der Waals surface area (Å²) in [6.45, 7) is 1.89. The summed E-state index contributed by atoms with van der Waals surface area (Å²) in [6.07, 6.45) is -0.155. The topological polar surface area (TPSA) is 102 Å². The van der Waals surface area contributed by atoms with E-state index in [1.165, 1.54) is 19.5 Å². The number of aliphatic hydroxyl groups excluding tert-OH is 2. The average Bonchev–Trinajstić information content (AvgIpc) is 2.38. The number of aromatic nitrogens is 2. The molecule has 0 spiro atoms. The molecule has 0 bridgehead atoms. The lowest BCUT2D eigenvalue weighted by Crippen LogP contribution is -2.23. The second kappa shape index (κ2) is 6.87. The van der Waals surface area contributed by atoms with Gasteiger partial charge in [-0.2, -0.15) is 0 Å². The number of methoxy groups -OCH3 is 1. The van der Waals surface area contributed by atoms with Crippen LogP contribution < -0.4 is 4.74 Å². The molecule has 0 aliphatic rings. The highest BCUT2D eigenvalue weighted by atomic mass is 16.5. The van der Waals surface area contributed by atoms with Gasteiger partial charge in [0.15, 0.2) is 0 Å². The van der Waals surface area contributed by atoms with E-state index in [-0.39, 0.29) is 19.0 Å². The minimum Gasteiger partial charge on any atom is -0.467 e. The van der Waals surface area contributed by atoms with Gasteiger partial charge in [-0.3, -0.25) is 4.79 Å². The van der Waals surface area contributed by atoms with Gasteiger partial charge in [0, 0.05) is 18.0 Å². The van der Waals surface area contributed by atoms with Gasteiger partial charge in [0.05, 0.1) is 26.2 Å². The predicted octanol–water partition coefficient (Wildman–Crippen LogP) is -0.167. The Labute approximate surface area is 104 Å². The van der Waals surface area contributed by atoms with Gasteiger partial charge < -0.3 is 19.7 Å². The number of hydrogen-bond donors (Lipinski definition) is 2. The summed E-state index contributed by atoms with van der Waals surface area (Å²) in [5.41, 5.74) is 0.299. The van der Waals surface area contributed by atoms with E-state index in [1.54, 1.807) is 6.92 Å². The van der Waals surface area contributed by atoms with Gasteiger partial charge in [-0.15, -0.1) is 0 Å². The lowest BCUT2D eigenvalue weighted by molar-refractivity contribution is -0.147. The lowest BCUT2D eigenvalue weighted by Gasteiger charge is -2.16. The maximum atomic E-state index is 11.1. The van der Waals surface area contributed by atoms with Crippen LogP contribution in [0.3, 0.4) is 0 Å². The highest BCUT2D eigenvalue weighted by Crippen LogP contribution is 2.18. The molecule has 0 fully saturated rings. The molecule has 0 aromatic carbocycles. The zero-order valence-electron chi connectivity index (χ0n) is 10.2. The van der Waals surface area contributed by atoms with Crippen molar-refractivity contribution in [3.8, 4) is 6.01 Å². The molecule has 0 aliphatic carbocycles. The van der Waals surface area contributed by atoms with Crippen LogP contribution in [0, 0.1) is 0 Å². The monoisotopic (exact) mass is 256 g/mol. The van der Waals surface area contributed by atoms with E-state index in [4.69, 9.17) is 4.74 Å². The Morgan fingerprint density at radius 2 is 2.00 bits per heavy atom. The number of carbonyl (C=O) groups is 1. The molecule has 1 aromatic heterocycles. The van der Waals surface area contributed by atoms with Crippen molar-refractivity contribution < 1.29 is 24.5 Å². The lowest BCUT2D eigenvalue weighted by atomic mass is 10.1. The van der Waals surface area contributed by atoms with Crippen molar-refractivity contribution in [1.82, 2.24) is 9.97 Å². The predicted molar refractivity (Wildman–Crippen MR) is 60.8 cm³/mol. The number of nitrogens with zero attached hydrogens (tertiary/aromatic N) is 2. The molecule has 0 saturated carbocycles. The van der Waals surface area contributed by atoms with Gasteiger partial charge in [0.25, 0.3) is 0 Å². The fourth-order valence-corrected chi connectivity index (χ4v) is 1.31. The Bertz CT molecular complexity index is 382. The molecule has 0 radical (unpaired) electrons. The Hall–Kier alpha value is -1.73. The Kier molecular flexibility index (Phi) is 5.47. The van der Waals surface area contributed by atoms with Gasteiger partial charge in [-0.25, -0.2) is 9.97 Å². The minimum atomic E-state index is -1.26. The van der Waals surface area contributed by atoms with Crippen LogP contribution in [0.15, 0.2) is 12.4 Å². The SMILES string of the molecule is CCOC(=O)CC(O)C(O)c1cnc(OC)nc1. The molecule has 100 valence electrons. The van der Waals surface area contributed by atoms with E-state index in [2.05, 4.69) is 14.7 Å². The molecule has 1 rings (SSSR count). The summed E-state index contributed by atoms with van der Waals surface area (Å²) in [5, 5.41) is 19.4. The number of esters is 1. The average molecular weight is 256 g/mol. The smallest absolute Gasteiger partial charge is 0.316 e. The van der Waals surface area contributed by atoms with E-state index in [0.717, 1.165) is 0 Å². The maximum Gasteiger partial charge on any atom is 0.316 e. The highest BCUT2D eigenvalue weighted by Gasteiger charge is 2.22. The third-order valence-electron chi connectivity index (χ3n) is 2.22. The van der Waals surface area contributed by atoms with Crippen molar-refractivity contribution in [2.75, 3.05) is 13.7 Å². The normalized spacial score (nSPS) is 13.8. The van der Waals surface area contributed by atoms with Crippen LogP contribution in [-0.4, -0.2) is 46.0 Å². The van der Waals surface area contributed by atoms with Gasteiger partial charge in [-0.1, -0.05) is 0 Å². The van der Waals surface area contributed by atoms with Gasteiger partial charge >= 0.3 is 12.0 Å². The Morgan fingerprint density at radius 1 is 1.39 bits per heavy atom. The first-order valence-electron chi connectivity index (χ1n) is 5.46. The first kappa shape index (κ1) is 14.3. The largest absolute Gasteiger partial charge is 0.467 e. The molecule has 2 unspecified atom stereocenters. The molecular weight excluding hydrogens is 240 g/mol. The summed E-state index contributed by atoms with van der Waals surface area (Å²) in [5.74, 6) is -0.571. The molecule has 0 saturated heterocycles. The van der Waals surface area contributed by atoms with E-state index >= 15 is 0 Å². The second-order valence-corrected chi connectivity index (χ2v) is 3.52. The van der Waals surface area contributed by atoms with Gasteiger partial charge in [0.2, 0.25) is 0 Å². The minimum absolute atomic E-state index is 0.158. The van der Waals surface area contributed by atoms with E-state index in [0.29, 0.717) is 5.56 Å². The second-order valence-electron chi connectivity index (χ2n) is 3.52. The van der Waals surface area contributed by atoms with Crippen molar-refractivity contribution >= 4 is 5.97 Å². The van der Waals surface area contributed by atoms with Crippen LogP contribution in [0.25, 0.3) is 0 Å². The van der Waals surface area contributed by atoms with E-state index in [9.17, 15) is 15.0 Å². The summed E-state index contributed by atoms with van der Waals surface area (Å²) in [7, 11) is 1.42. The maximum absolute atomic E-state index is 11.1. The molecule has 2 atom stereocenters. The zero-order chi connectivity index (χ0) is 13.5. The van der Waals surface area contributed by atoms with Gasteiger partial charge in [-0.05, 0) is 6.92 Å². The number of rotatable bonds is 6. The summed E-state index contributed by atoms with van der Waals surface area (Å²) in [6, 6.07) is 0.158. The van der Waals surface area contributed by atoms with Crippen molar-refractivity contribution in [1.29, 1.82) is 0 Å².